The molecule has 14 heteroatoms. The van der Waals surface area contributed by atoms with E-state index in [-0.39, 0.29) is 47.7 Å². The highest BCUT2D eigenvalue weighted by Gasteiger charge is 2.36. The van der Waals surface area contributed by atoms with Gasteiger partial charge in [-0.2, -0.15) is 13.2 Å². The van der Waals surface area contributed by atoms with Crippen LogP contribution >= 0.6 is 11.6 Å². The van der Waals surface area contributed by atoms with Gasteiger partial charge < -0.3 is 4.90 Å². The molecule has 3 amide bonds. The van der Waals surface area contributed by atoms with Crippen LogP contribution < -0.4 is 15.2 Å². The van der Waals surface area contributed by atoms with E-state index >= 15 is 0 Å². The highest BCUT2D eigenvalue weighted by atomic mass is 35.5. The zero-order valence-corrected chi connectivity index (χ0v) is 22.6. The van der Waals surface area contributed by atoms with Gasteiger partial charge in [0.05, 0.1) is 21.2 Å². The fourth-order valence-corrected chi connectivity index (χ4v) is 5.84. The van der Waals surface area contributed by atoms with Crippen molar-refractivity contribution in [1.82, 2.24) is 15.8 Å². The van der Waals surface area contributed by atoms with Crippen molar-refractivity contribution in [2.24, 2.45) is 5.92 Å². The quantitative estimate of drug-likeness (QED) is 0.456. The number of carbonyl (C=O) groups is 3. The van der Waals surface area contributed by atoms with E-state index in [1.807, 2.05) is 0 Å². The van der Waals surface area contributed by atoms with Gasteiger partial charge in [-0.25, -0.2) is 8.42 Å². The minimum atomic E-state index is -4.78. The number of halogens is 4. The molecule has 0 spiro atoms. The topological polar surface area (TPSA) is 116 Å². The molecule has 1 heterocycles. The molecule has 1 fully saturated rings. The molecule has 2 N–H and O–H groups in total. The van der Waals surface area contributed by atoms with Crippen LogP contribution in [0.25, 0.3) is 0 Å². The lowest BCUT2D eigenvalue weighted by Crippen LogP contribution is -2.48. The highest BCUT2D eigenvalue weighted by molar-refractivity contribution is 7.92. The van der Waals surface area contributed by atoms with Crippen LogP contribution in [0.4, 0.5) is 18.9 Å². The Hall–Kier alpha value is -3.32. The van der Waals surface area contributed by atoms with E-state index in [1.165, 1.54) is 29.2 Å². The molecule has 0 radical (unpaired) electrons. The predicted molar refractivity (Wildman–Crippen MR) is 138 cm³/mol. The number of carbonyl (C=O) groups excluding carboxylic acids is 3. The van der Waals surface area contributed by atoms with Crippen LogP contribution in [0.15, 0.2) is 53.4 Å². The summed E-state index contributed by atoms with van der Waals surface area (Å²) in [7, 11) is -4.49. The molecule has 1 aliphatic rings. The molecule has 0 bridgehead atoms. The van der Waals surface area contributed by atoms with E-state index in [0.29, 0.717) is 23.2 Å². The average molecular weight is 589 g/mol. The maximum Gasteiger partial charge on any atom is 0.416 e. The van der Waals surface area contributed by atoms with Crippen molar-refractivity contribution < 1.29 is 36.0 Å². The molecule has 39 heavy (non-hydrogen) atoms. The Morgan fingerprint density at radius 1 is 1.08 bits per heavy atom. The van der Waals surface area contributed by atoms with E-state index in [4.69, 9.17) is 11.6 Å². The summed E-state index contributed by atoms with van der Waals surface area (Å²) in [5.41, 5.74) is 2.97. The largest absolute Gasteiger partial charge is 0.416 e. The normalized spacial score (nSPS) is 15.9. The Labute approximate surface area is 229 Å². The maximum absolute atomic E-state index is 13.6. The Kier molecular flexibility index (Phi) is 9.83. The summed E-state index contributed by atoms with van der Waals surface area (Å²) >= 11 is 6.17. The Bertz CT molecular complexity index is 1310. The smallest absolute Gasteiger partial charge is 0.341 e. The van der Waals surface area contributed by atoms with Gasteiger partial charge in [-0.05, 0) is 49.1 Å². The van der Waals surface area contributed by atoms with Crippen molar-refractivity contribution in [2.45, 2.75) is 43.7 Å². The van der Waals surface area contributed by atoms with Crippen molar-refractivity contribution in [2.75, 3.05) is 23.9 Å². The number of benzene rings is 2. The van der Waals surface area contributed by atoms with E-state index < -0.39 is 45.8 Å². The number of nitrogens with one attached hydrogen (secondary N) is 2. The number of rotatable bonds is 8. The first kappa shape index (κ1) is 30.2. The molecule has 0 saturated carbocycles. The molecule has 1 unspecified atom stereocenters. The van der Waals surface area contributed by atoms with Gasteiger partial charge in [0, 0.05) is 25.9 Å². The number of likely N-dealkylation sites (tertiary alicyclic amines) is 1. The standard InChI is InChI=1S/C25H28ClF3N4O5S/c1-2-22(34)30-31-23(35)13-17-7-6-12-32(15-17)24(36)16-33(39(37,38)19-8-4-3-5-9-19)21-14-18(25(27,28)29)10-11-20(21)26/h3-5,8-11,14,17H,2,6-7,12-13,15-16H2,1H3,(H,30,34)(H,31,35). The molecule has 9 nitrogen and oxygen atoms in total. The van der Waals surface area contributed by atoms with Gasteiger partial charge in [0.25, 0.3) is 10.0 Å². The molecule has 0 aliphatic carbocycles. The van der Waals surface area contributed by atoms with Crippen molar-refractivity contribution in [1.29, 1.82) is 0 Å². The van der Waals surface area contributed by atoms with Crippen LogP contribution in [0.1, 0.15) is 38.2 Å². The number of anilines is 1. The van der Waals surface area contributed by atoms with E-state index in [0.717, 1.165) is 12.1 Å². The summed E-state index contributed by atoms with van der Waals surface area (Å²) in [6.45, 7) is 1.23. The van der Waals surface area contributed by atoms with Crippen molar-refractivity contribution in [3.63, 3.8) is 0 Å². The van der Waals surface area contributed by atoms with Crippen LogP contribution in [0.5, 0.6) is 0 Å². The molecule has 212 valence electrons. The molecule has 1 aliphatic heterocycles. The van der Waals surface area contributed by atoms with Gasteiger partial charge in [-0.3, -0.25) is 29.5 Å². The molecule has 0 aromatic heterocycles. The predicted octanol–water partition coefficient (Wildman–Crippen LogP) is 3.74. The third-order valence-corrected chi connectivity index (χ3v) is 8.25. The first-order valence-electron chi connectivity index (χ1n) is 12.1. The first-order chi connectivity index (χ1) is 18.3. The van der Waals surface area contributed by atoms with Crippen LogP contribution in [0.3, 0.4) is 0 Å². The fourth-order valence-electron chi connectivity index (χ4n) is 4.12. The van der Waals surface area contributed by atoms with Crippen LogP contribution in [0.2, 0.25) is 5.02 Å². The molecular weight excluding hydrogens is 561 g/mol. The number of sulfonamides is 1. The number of hydrazine groups is 1. The monoisotopic (exact) mass is 588 g/mol. The SMILES string of the molecule is CCC(=O)NNC(=O)CC1CCCN(C(=O)CN(c2cc(C(F)(F)F)ccc2Cl)S(=O)(=O)c2ccccc2)C1. The maximum atomic E-state index is 13.6. The third kappa shape index (κ3) is 7.85. The lowest BCUT2D eigenvalue weighted by Gasteiger charge is -2.34. The molecule has 1 atom stereocenters. The Morgan fingerprint density at radius 2 is 1.74 bits per heavy atom. The summed E-state index contributed by atoms with van der Waals surface area (Å²) in [4.78, 5) is 38.0. The number of hydrogen-bond donors (Lipinski definition) is 2. The zero-order chi connectivity index (χ0) is 28.8. The van der Waals surface area contributed by atoms with Crippen LogP contribution in [0, 0.1) is 5.92 Å². The van der Waals surface area contributed by atoms with Gasteiger partial charge >= 0.3 is 6.18 Å². The molecular formula is C25H28ClF3N4O5S. The molecule has 2 aromatic carbocycles. The van der Waals surface area contributed by atoms with E-state index in [1.54, 1.807) is 13.0 Å². The number of nitrogens with zero attached hydrogens (tertiary/aromatic N) is 2. The average Bonchev–Trinajstić information content (AvgIpc) is 2.90. The van der Waals surface area contributed by atoms with Gasteiger partial charge in [-0.15, -0.1) is 0 Å². The summed E-state index contributed by atoms with van der Waals surface area (Å²) in [5.74, 6) is -1.73. The second-order valence-corrected chi connectivity index (χ2v) is 11.3. The minimum Gasteiger partial charge on any atom is -0.341 e. The Morgan fingerprint density at radius 3 is 2.38 bits per heavy atom. The van der Waals surface area contributed by atoms with Crippen molar-refractivity contribution in [3.05, 3.63) is 59.1 Å². The number of amides is 3. The minimum absolute atomic E-state index is 0.0132. The van der Waals surface area contributed by atoms with E-state index in [2.05, 4.69) is 10.9 Å². The molecule has 3 rings (SSSR count). The van der Waals surface area contributed by atoms with E-state index in [9.17, 15) is 36.0 Å². The Balaban J connectivity index is 1.86. The van der Waals surface area contributed by atoms with Crippen LogP contribution in [-0.2, 0) is 30.6 Å². The summed E-state index contributed by atoms with van der Waals surface area (Å²) in [6.07, 6.45) is -3.43. The number of piperidine rings is 1. The van der Waals surface area contributed by atoms with Gasteiger partial charge in [0.1, 0.15) is 6.54 Å². The second-order valence-electron chi connectivity index (χ2n) is 8.99. The lowest BCUT2D eigenvalue weighted by molar-refractivity contribution is -0.137. The summed E-state index contributed by atoms with van der Waals surface area (Å²) < 4.78 is 68.1. The molecule has 2 aromatic rings. The van der Waals surface area contributed by atoms with Gasteiger partial charge in [0.2, 0.25) is 17.7 Å². The van der Waals surface area contributed by atoms with Gasteiger partial charge in [0.15, 0.2) is 0 Å². The highest BCUT2D eigenvalue weighted by Crippen LogP contribution is 2.37. The lowest BCUT2D eigenvalue weighted by atomic mass is 9.94. The van der Waals surface area contributed by atoms with Gasteiger partial charge in [-0.1, -0.05) is 36.7 Å². The van der Waals surface area contributed by atoms with Crippen molar-refractivity contribution >= 4 is 45.0 Å². The number of hydrogen-bond acceptors (Lipinski definition) is 5. The fraction of sp³-hybridized carbons (Fsp3) is 0.400. The first-order valence-corrected chi connectivity index (χ1v) is 13.9. The number of alkyl halides is 3. The summed E-state index contributed by atoms with van der Waals surface area (Å²) in [5, 5.41) is -0.280. The van der Waals surface area contributed by atoms with Crippen LogP contribution in [-0.4, -0.2) is 50.7 Å². The summed E-state index contributed by atoms with van der Waals surface area (Å²) in [6, 6.07) is 9.26. The van der Waals surface area contributed by atoms with Crippen molar-refractivity contribution in [3.8, 4) is 0 Å². The second kappa shape index (κ2) is 12.7. The molecule has 1 saturated heterocycles. The third-order valence-electron chi connectivity index (χ3n) is 6.16. The zero-order valence-electron chi connectivity index (χ0n) is 21.0.